The van der Waals surface area contributed by atoms with Gasteiger partial charge in [0.05, 0.1) is 15.1 Å². The Morgan fingerprint density at radius 3 is 2.33 bits per heavy atom. The van der Waals surface area contributed by atoms with Gasteiger partial charge in [-0.15, -0.1) is 0 Å². The average molecular weight is 307 g/mol. The first-order chi connectivity index (χ1) is 8.49. The van der Waals surface area contributed by atoms with Gasteiger partial charge in [-0.05, 0) is 18.2 Å². The molecule has 2 aromatic rings. The Labute approximate surface area is 118 Å². The van der Waals surface area contributed by atoms with Gasteiger partial charge >= 0.3 is 0 Å². The standard InChI is InChI=1S/C12H7Cl3FNO/c13-6-4-8(15)11(5-7(6)14)18-10-3-1-2-9(16)12(10)17/h1-5H,17H2. The molecular formula is C12H7Cl3FNO. The summed E-state index contributed by atoms with van der Waals surface area (Å²) in [5.41, 5.74) is 5.45. The summed E-state index contributed by atoms with van der Waals surface area (Å²) in [6.07, 6.45) is 0. The van der Waals surface area contributed by atoms with Crippen molar-refractivity contribution < 1.29 is 9.13 Å². The summed E-state index contributed by atoms with van der Waals surface area (Å²) in [5.74, 6) is -0.151. The van der Waals surface area contributed by atoms with E-state index < -0.39 is 5.82 Å². The van der Waals surface area contributed by atoms with Crippen LogP contribution in [0.25, 0.3) is 0 Å². The highest BCUT2D eigenvalue weighted by molar-refractivity contribution is 6.43. The highest BCUT2D eigenvalue weighted by Gasteiger charge is 2.11. The monoisotopic (exact) mass is 305 g/mol. The van der Waals surface area contributed by atoms with Gasteiger partial charge in [-0.3, -0.25) is 0 Å². The van der Waals surface area contributed by atoms with Gasteiger partial charge in [-0.25, -0.2) is 4.39 Å². The van der Waals surface area contributed by atoms with E-state index in [1.165, 1.54) is 30.3 Å². The van der Waals surface area contributed by atoms with Crippen LogP contribution in [0.2, 0.25) is 15.1 Å². The van der Waals surface area contributed by atoms with Gasteiger partial charge in [0.1, 0.15) is 17.3 Å². The van der Waals surface area contributed by atoms with Crippen LogP contribution in [-0.4, -0.2) is 0 Å². The van der Waals surface area contributed by atoms with E-state index in [2.05, 4.69) is 0 Å². The number of hydrogen-bond donors (Lipinski definition) is 1. The van der Waals surface area contributed by atoms with E-state index in [9.17, 15) is 4.39 Å². The van der Waals surface area contributed by atoms with Gasteiger partial charge in [0, 0.05) is 6.07 Å². The number of para-hydroxylation sites is 1. The normalized spacial score (nSPS) is 10.4. The molecule has 0 saturated heterocycles. The first kappa shape index (κ1) is 13.3. The van der Waals surface area contributed by atoms with Crippen LogP contribution in [-0.2, 0) is 0 Å². The topological polar surface area (TPSA) is 35.2 Å². The van der Waals surface area contributed by atoms with Crippen molar-refractivity contribution in [2.45, 2.75) is 0 Å². The predicted molar refractivity (Wildman–Crippen MR) is 72.4 cm³/mol. The number of halogens is 4. The quantitative estimate of drug-likeness (QED) is 0.614. The van der Waals surface area contributed by atoms with Crippen LogP contribution in [0.1, 0.15) is 0 Å². The van der Waals surface area contributed by atoms with E-state index in [0.717, 1.165) is 0 Å². The zero-order valence-electron chi connectivity index (χ0n) is 8.88. The summed E-state index contributed by atoms with van der Waals surface area (Å²) in [6, 6.07) is 7.12. The number of benzene rings is 2. The maximum Gasteiger partial charge on any atom is 0.153 e. The van der Waals surface area contributed by atoms with E-state index >= 15 is 0 Å². The largest absolute Gasteiger partial charge is 0.453 e. The van der Waals surface area contributed by atoms with Crippen molar-refractivity contribution in [1.82, 2.24) is 0 Å². The van der Waals surface area contributed by atoms with Crippen LogP contribution < -0.4 is 10.5 Å². The van der Waals surface area contributed by atoms with Crippen LogP contribution >= 0.6 is 34.8 Å². The van der Waals surface area contributed by atoms with Crippen LogP contribution in [0.4, 0.5) is 10.1 Å². The number of anilines is 1. The Hall–Kier alpha value is -1.16. The zero-order chi connectivity index (χ0) is 13.3. The lowest BCUT2D eigenvalue weighted by Crippen LogP contribution is -1.95. The van der Waals surface area contributed by atoms with Crippen LogP contribution in [0, 0.1) is 5.82 Å². The Morgan fingerprint density at radius 1 is 0.944 bits per heavy atom. The van der Waals surface area contributed by atoms with Crippen LogP contribution in [0.15, 0.2) is 30.3 Å². The fraction of sp³-hybridized carbons (Fsp3) is 0. The van der Waals surface area contributed by atoms with Gasteiger partial charge in [-0.2, -0.15) is 0 Å². The number of rotatable bonds is 2. The summed E-state index contributed by atoms with van der Waals surface area (Å²) >= 11 is 17.6. The van der Waals surface area contributed by atoms with Gasteiger partial charge in [0.25, 0.3) is 0 Å². The molecule has 0 fully saturated rings. The molecule has 0 bridgehead atoms. The Balaban J connectivity index is 2.40. The third kappa shape index (κ3) is 2.64. The lowest BCUT2D eigenvalue weighted by molar-refractivity contribution is 0.480. The zero-order valence-corrected chi connectivity index (χ0v) is 11.2. The van der Waals surface area contributed by atoms with Gasteiger partial charge < -0.3 is 10.5 Å². The van der Waals surface area contributed by atoms with Crippen molar-refractivity contribution in [2.75, 3.05) is 5.73 Å². The summed E-state index contributed by atoms with van der Waals surface area (Å²) in [4.78, 5) is 0. The van der Waals surface area contributed by atoms with Gasteiger partial charge in [-0.1, -0.05) is 40.9 Å². The molecule has 2 rings (SSSR count). The van der Waals surface area contributed by atoms with Gasteiger partial charge in [0.15, 0.2) is 5.75 Å². The molecule has 94 valence electrons. The van der Waals surface area contributed by atoms with Crippen molar-refractivity contribution in [2.24, 2.45) is 0 Å². The number of nitrogens with two attached hydrogens (primary N) is 1. The summed E-state index contributed by atoms with van der Waals surface area (Å²) in [7, 11) is 0. The molecule has 18 heavy (non-hydrogen) atoms. The van der Waals surface area contributed by atoms with E-state index in [4.69, 9.17) is 45.3 Å². The first-order valence-electron chi connectivity index (χ1n) is 4.85. The minimum absolute atomic E-state index is 0.0976. The van der Waals surface area contributed by atoms with E-state index in [-0.39, 0.29) is 27.2 Å². The molecule has 6 heteroatoms. The van der Waals surface area contributed by atoms with Crippen molar-refractivity contribution in [3.63, 3.8) is 0 Å². The Bertz CT molecular complexity index is 604. The number of hydrogen-bond acceptors (Lipinski definition) is 2. The molecule has 0 aliphatic carbocycles. The van der Waals surface area contributed by atoms with E-state index in [0.29, 0.717) is 5.02 Å². The molecular weight excluding hydrogens is 299 g/mol. The molecule has 2 aromatic carbocycles. The minimum atomic E-state index is -0.566. The smallest absolute Gasteiger partial charge is 0.153 e. The highest BCUT2D eigenvalue weighted by Crippen LogP contribution is 2.38. The van der Waals surface area contributed by atoms with Crippen LogP contribution in [0.3, 0.4) is 0 Å². The predicted octanol–water partition coefficient (Wildman–Crippen LogP) is 5.16. The maximum atomic E-state index is 13.2. The van der Waals surface area contributed by atoms with Crippen molar-refractivity contribution in [3.05, 3.63) is 51.2 Å². The fourth-order valence-corrected chi connectivity index (χ4v) is 1.88. The lowest BCUT2D eigenvalue weighted by atomic mass is 10.3. The molecule has 0 unspecified atom stereocenters. The summed E-state index contributed by atoms with van der Waals surface area (Å²) < 4.78 is 18.7. The third-order valence-corrected chi connectivity index (χ3v) is 3.23. The summed E-state index contributed by atoms with van der Waals surface area (Å²) in [6.45, 7) is 0. The Kier molecular flexibility index (Phi) is 3.85. The molecule has 0 spiro atoms. The second-order valence-electron chi connectivity index (χ2n) is 3.45. The number of ether oxygens (including phenoxy) is 1. The molecule has 0 radical (unpaired) electrons. The minimum Gasteiger partial charge on any atom is -0.453 e. The van der Waals surface area contributed by atoms with Crippen molar-refractivity contribution in [1.29, 1.82) is 0 Å². The SMILES string of the molecule is Nc1c(F)cccc1Oc1cc(Cl)c(Cl)cc1Cl. The molecule has 0 amide bonds. The molecule has 2 N–H and O–H groups in total. The molecule has 0 aliphatic heterocycles. The van der Waals surface area contributed by atoms with E-state index in [1.807, 2.05) is 0 Å². The molecule has 0 saturated carbocycles. The second-order valence-corrected chi connectivity index (χ2v) is 4.67. The maximum absolute atomic E-state index is 13.2. The third-order valence-electron chi connectivity index (χ3n) is 2.21. The lowest BCUT2D eigenvalue weighted by Gasteiger charge is -2.11. The Morgan fingerprint density at radius 2 is 1.61 bits per heavy atom. The molecule has 0 atom stereocenters. The summed E-state index contributed by atoms with van der Waals surface area (Å²) in [5, 5.41) is 0.848. The molecule has 0 aliphatic rings. The van der Waals surface area contributed by atoms with Crippen LogP contribution in [0.5, 0.6) is 11.5 Å². The van der Waals surface area contributed by atoms with Gasteiger partial charge in [0.2, 0.25) is 0 Å². The first-order valence-corrected chi connectivity index (χ1v) is 5.99. The van der Waals surface area contributed by atoms with E-state index in [1.54, 1.807) is 0 Å². The molecule has 0 heterocycles. The fourth-order valence-electron chi connectivity index (χ4n) is 1.31. The average Bonchev–Trinajstić information content (AvgIpc) is 2.32. The molecule has 2 nitrogen and oxygen atoms in total. The second kappa shape index (κ2) is 5.22. The highest BCUT2D eigenvalue weighted by atomic mass is 35.5. The van der Waals surface area contributed by atoms with Crippen molar-refractivity contribution >= 4 is 40.5 Å². The molecule has 0 aromatic heterocycles. The van der Waals surface area contributed by atoms with Crippen molar-refractivity contribution in [3.8, 4) is 11.5 Å². The number of nitrogen functional groups attached to an aromatic ring is 1.